The van der Waals surface area contributed by atoms with Crippen molar-refractivity contribution < 1.29 is 22.7 Å². The summed E-state index contributed by atoms with van der Waals surface area (Å²) in [5.74, 6) is 0.344. The molecule has 3 rings (SSSR count). The van der Waals surface area contributed by atoms with Crippen molar-refractivity contribution in [2.75, 3.05) is 31.1 Å². The van der Waals surface area contributed by atoms with Crippen LogP contribution in [0, 0.1) is 0 Å². The third kappa shape index (κ3) is 6.14. The zero-order valence-electron chi connectivity index (χ0n) is 17.6. The number of rotatable bonds is 6. The summed E-state index contributed by atoms with van der Waals surface area (Å²) >= 11 is 5.92. The molecule has 0 radical (unpaired) electrons. The highest BCUT2D eigenvalue weighted by Gasteiger charge is 2.36. The lowest BCUT2D eigenvalue weighted by molar-refractivity contribution is -0.137. The van der Waals surface area contributed by atoms with Crippen LogP contribution in [0.15, 0.2) is 48.5 Å². The summed E-state index contributed by atoms with van der Waals surface area (Å²) in [6.07, 6.45) is -2.97. The summed E-state index contributed by atoms with van der Waals surface area (Å²) < 4.78 is 46.3. The molecule has 0 N–H and O–H groups in total. The topological polar surface area (TPSA) is 32.8 Å². The lowest BCUT2D eigenvalue weighted by atomic mass is 9.93. The Morgan fingerprint density at radius 1 is 1.13 bits per heavy atom. The van der Waals surface area contributed by atoms with Crippen LogP contribution in [0.5, 0.6) is 5.75 Å². The van der Waals surface area contributed by atoms with Crippen LogP contribution >= 0.6 is 11.6 Å². The maximum absolute atomic E-state index is 13.4. The molecule has 31 heavy (non-hydrogen) atoms. The molecule has 0 atom stereocenters. The number of hydrogen-bond donors (Lipinski definition) is 0. The molecular formula is C23H26ClF3N2O2. The number of para-hydroxylation sites is 1. The van der Waals surface area contributed by atoms with Gasteiger partial charge in [-0.2, -0.15) is 13.2 Å². The number of halogens is 4. The third-order valence-corrected chi connectivity index (χ3v) is 5.86. The van der Waals surface area contributed by atoms with Crippen molar-refractivity contribution in [2.24, 2.45) is 0 Å². The molecule has 1 amide bonds. The number of piperidine rings is 1. The van der Waals surface area contributed by atoms with Crippen LogP contribution in [-0.4, -0.2) is 42.6 Å². The lowest BCUT2D eigenvalue weighted by Crippen LogP contribution is -2.48. The first-order valence-corrected chi connectivity index (χ1v) is 10.6. The molecule has 1 saturated heterocycles. The van der Waals surface area contributed by atoms with Crippen molar-refractivity contribution in [3.63, 3.8) is 0 Å². The maximum Gasteiger partial charge on any atom is 0.418 e. The minimum atomic E-state index is -4.52. The van der Waals surface area contributed by atoms with Crippen molar-refractivity contribution in [2.45, 2.75) is 38.5 Å². The second kappa shape index (κ2) is 9.49. The fraction of sp³-hybridized carbons (Fsp3) is 0.435. The van der Waals surface area contributed by atoms with Gasteiger partial charge in [0.15, 0.2) is 0 Å². The molecule has 4 nitrogen and oxygen atoms in total. The largest absolute Gasteiger partial charge is 0.487 e. The van der Waals surface area contributed by atoms with Gasteiger partial charge in [-0.1, -0.05) is 23.7 Å². The minimum absolute atomic E-state index is 0.101. The second-order valence-corrected chi connectivity index (χ2v) is 8.47. The molecule has 2 aromatic rings. The van der Waals surface area contributed by atoms with Crippen molar-refractivity contribution in [3.8, 4) is 5.75 Å². The second-order valence-electron chi connectivity index (χ2n) is 8.03. The fourth-order valence-corrected chi connectivity index (χ4v) is 3.90. The summed E-state index contributed by atoms with van der Waals surface area (Å²) in [6, 6.07) is 12.4. The van der Waals surface area contributed by atoms with Crippen molar-refractivity contribution >= 4 is 23.2 Å². The molecular weight excluding hydrogens is 429 g/mol. The van der Waals surface area contributed by atoms with Gasteiger partial charge >= 0.3 is 6.18 Å². The normalized spacial score (nSPS) is 16.7. The van der Waals surface area contributed by atoms with Crippen LogP contribution in [0.2, 0.25) is 5.02 Å². The van der Waals surface area contributed by atoms with Crippen LogP contribution in [0.4, 0.5) is 18.9 Å². The smallest absolute Gasteiger partial charge is 0.418 e. The first-order chi connectivity index (χ1) is 14.6. The van der Waals surface area contributed by atoms with Crippen LogP contribution in [-0.2, 0) is 11.0 Å². The summed E-state index contributed by atoms with van der Waals surface area (Å²) in [5, 5.41) is 0.648. The Balaban J connectivity index is 1.60. The lowest BCUT2D eigenvalue weighted by Gasteiger charge is -2.40. The van der Waals surface area contributed by atoms with Gasteiger partial charge in [0.05, 0.1) is 11.3 Å². The summed E-state index contributed by atoms with van der Waals surface area (Å²) in [6.45, 7) is 5.49. The van der Waals surface area contributed by atoms with Gasteiger partial charge < -0.3 is 14.5 Å². The molecule has 2 aromatic carbocycles. The highest BCUT2D eigenvalue weighted by molar-refractivity contribution is 6.30. The van der Waals surface area contributed by atoms with Gasteiger partial charge in [-0.05, 0) is 56.2 Å². The quantitative estimate of drug-likeness (QED) is 0.565. The van der Waals surface area contributed by atoms with Crippen molar-refractivity contribution in [1.29, 1.82) is 0 Å². The Morgan fingerprint density at radius 3 is 2.32 bits per heavy atom. The SMILES string of the molecule is CC(=O)N(CCN1CCC(C)(Oc2ccc(Cl)cc2)CC1)c1ccccc1C(F)(F)F. The molecule has 1 aliphatic heterocycles. The van der Waals surface area contributed by atoms with Crippen LogP contribution in [0.1, 0.15) is 32.3 Å². The first kappa shape index (κ1) is 23.4. The molecule has 0 bridgehead atoms. The van der Waals surface area contributed by atoms with Crippen LogP contribution in [0.25, 0.3) is 0 Å². The Morgan fingerprint density at radius 2 is 1.74 bits per heavy atom. The number of benzene rings is 2. The van der Waals surface area contributed by atoms with E-state index in [2.05, 4.69) is 11.8 Å². The molecule has 0 spiro atoms. The Bertz CT molecular complexity index is 894. The molecule has 1 heterocycles. The standard InChI is InChI=1S/C23H26ClF3N2O2/c1-17(30)29(21-6-4-3-5-20(21)23(25,26)27)16-15-28-13-11-22(2,12-14-28)31-19-9-7-18(24)8-10-19/h3-10H,11-16H2,1-2H3. The van der Waals surface area contributed by atoms with Crippen molar-refractivity contribution in [1.82, 2.24) is 4.90 Å². The molecule has 168 valence electrons. The van der Waals surface area contributed by atoms with Crippen molar-refractivity contribution in [3.05, 3.63) is 59.1 Å². The molecule has 0 unspecified atom stereocenters. The van der Waals surface area contributed by atoms with Gasteiger partial charge in [-0.15, -0.1) is 0 Å². The van der Waals surface area contributed by atoms with Crippen LogP contribution in [0.3, 0.4) is 0 Å². The fourth-order valence-electron chi connectivity index (χ4n) is 3.78. The Kier molecular flexibility index (Phi) is 7.17. The van der Waals surface area contributed by atoms with Gasteiger partial charge in [0.2, 0.25) is 5.91 Å². The van der Waals surface area contributed by atoms with E-state index in [9.17, 15) is 18.0 Å². The minimum Gasteiger partial charge on any atom is -0.487 e. The number of hydrogen-bond acceptors (Lipinski definition) is 3. The maximum atomic E-state index is 13.4. The monoisotopic (exact) mass is 454 g/mol. The summed E-state index contributed by atoms with van der Waals surface area (Å²) in [5.41, 5.74) is -1.23. The van der Waals surface area contributed by atoms with E-state index in [-0.39, 0.29) is 17.8 Å². The van der Waals surface area contributed by atoms with E-state index in [0.717, 1.165) is 37.7 Å². The van der Waals surface area contributed by atoms with E-state index in [1.807, 2.05) is 12.1 Å². The van der Waals surface area contributed by atoms with Gasteiger partial charge in [-0.3, -0.25) is 4.79 Å². The third-order valence-electron chi connectivity index (χ3n) is 5.61. The van der Waals surface area contributed by atoms with E-state index in [0.29, 0.717) is 11.6 Å². The number of amides is 1. The average molecular weight is 455 g/mol. The zero-order valence-corrected chi connectivity index (χ0v) is 18.3. The molecule has 0 saturated carbocycles. The number of ether oxygens (including phenoxy) is 1. The molecule has 8 heteroatoms. The van der Waals surface area contributed by atoms with E-state index in [1.165, 1.54) is 30.0 Å². The van der Waals surface area contributed by atoms with Gasteiger partial charge in [0, 0.05) is 38.1 Å². The average Bonchev–Trinajstić information content (AvgIpc) is 2.71. The van der Waals surface area contributed by atoms with E-state index < -0.39 is 17.6 Å². The number of likely N-dealkylation sites (tertiary alicyclic amines) is 1. The Hall–Kier alpha value is -2.25. The summed E-state index contributed by atoms with van der Waals surface area (Å²) in [4.78, 5) is 15.5. The van der Waals surface area contributed by atoms with E-state index in [4.69, 9.17) is 16.3 Å². The highest BCUT2D eigenvalue weighted by atomic mass is 35.5. The zero-order chi connectivity index (χ0) is 22.6. The van der Waals surface area contributed by atoms with Gasteiger partial charge in [0.25, 0.3) is 0 Å². The van der Waals surface area contributed by atoms with E-state index >= 15 is 0 Å². The predicted molar refractivity (Wildman–Crippen MR) is 116 cm³/mol. The highest BCUT2D eigenvalue weighted by Crippen LogP contribution is 2.36. The van der Waals surface area contributed by atoms with Gasteiger partial charge in [-0.25, -0.2) is 0 Å². The van der Waals surface area contributed by atoms with Crippen LogP contribution < -0.4 is 9.64 Å². The van der Waals surface area contributed by atoms with Gasteiger partial charge in [0.1, 0.15) is 11.4 Å². The predicted octanol–water partition coefficient (Wildman–Crippen LogP) is 5.65. The number of carbonyl (C=O) groups is 1. The number of alkyl halides is 3. The molecule has 0 aliphatic carbocycles. The van der Waals surface area contributed by atoms with E-state index in [1.54, 1.807) is 12.1 Å². The Labute approximate surface area is 185 Å². The summed E-state index contributed by atoms with van der Waals surface area (Å²) in [7, 11) is 0. The number of nitrogens with zero attached hydrogens (tertiary/aromatic N) is 2. The first-order valence-electron chi connectivity index (χ1n) is 10.2. The molecule has 1 fully saturated rings. The number of anilines is 1. The molecule has 1 aliphatic rings. The number of carbonyl (C=O) groups excluding carboxylic acids is 1. The molecule has 0 aromatic heterocycles.